The van der Waals surface area contributed by atoms with Crippen molar-refractivity contribution in [2.24, 2.45) is 0 Å². The molecule has 1 aromatic rings. The minimum Gasteiger partial charge on any atom is -0.293 e. The van der Waals surface area contributed by atoms with Crippen molar-refractivity contribution in [3.05, 3.63) is 35.6 Å². The summed E-state index contributed by atoms with van der Waals surface area (Å²) in [7, 11) is 0. The lowest BCUT2D eigenvalue weighted by molar-refractivity contribution is 0.0291. The van der Waals surface area contributed by atoms with Crippen molar-refractivity contribution in [1.29, 1.82) is 0 Å². The zero-order valence-electron chi connectivity index (χ0n) is 9.58. The Balaban J connectivity index is 1.98. The second-order valence-electron chi connectivity index (χ2n) is 5.06. The van der Waals surface area contributed by atoms with Crippen molar-refractivity contribution in [1.82, 2.24) is 4.90 Å². The maximum atomic E-state index is 13.9. The summed E-state index contributed by atoms with van der Waals surface area (Å²) in [4.78, 5) is 2.51. The summed E-state index contributed by atoms with van der Waals surface area (Å²) in [5.74, 6) is -0.0194. The molecule has 0 amide bonds. The summed E-state index contributed by atoms with van der Waals surface area (Å²) in [6.07, 6.45) is 6.05. The van der Waals surface area contributed by atoms with Gasteiger partial charge in [0.05, 0.1) is 0 Å². The Morgan fingerprint density at radius 1 is 1.00 bits per heavy atom. The van der Waals surface area contributed by atoms with Crippen LogP contribution < -0.4 is 0 Å². The van der Waals surface area contributed by atoms with Crippen molar-refractivity contribution in [3.8, 4) is 0 Å². The Bertz CT molecular complexity index is 378. The van der Waals surface area contributed by atoms with Crippen molar-refractivity contribution in [2.45, 2.75) is 37.6 Å². The molecule has 1 saturated heterocycles. The van der Waals surface area contributed by atoms with E-state index in [1.165, 1.54) is 19.3 Å². The second-order valence-corrected chi connectivity index (χ2v) is 5.06. The first kappa shape index (κ1) is 10.3. The minimum absolute atomic E-state index is 0.0194. The summed E-state index contributed by atoms with van der Waals surface area (Å²) in [5, 5.41) is 0. The van der Waals surface area contributed by atoms with Gasteiger partial charge in [-0.1, -0.05) is 18.2 Å². The molecule has 0 aromatic heterocycles. The smallest absolute Gasteiger partial charge is 0.128 e. The molecule has 1 aliphatic carbocycles. The van der Waals surface area contributed by atoms with Crippen LogP contribution in [0.5, 0.6) is 0 Å². The SMILES string of the molecule is Fc1ccccc1C1(N2CCCC2)CCC1. The van der Waals surface area contributed by atoms with Gasteiger partial charge in [-0.15, -0.1) is 0 Å². The van der Waals surface area contributed by atoms with E-state index < -0.39 is 0 Å². The number of benzene rings is 1. The molecule has 2 aliphatic rings. The fraction of sp³-hybridized carbons (Fsp3) is 0.571. The molecule has 1 aromatic carbocycles. The molecular weight excluding hydrogens is 201 g/mol. The van der Waals surface area contributed by atoms with E-state index in [0.717, 1.165) is 31.5 Å². The summed E-state index contributed by atoms with van der Waals surface area (Å²) in [6.45, 7) is 2.29. The lowest BCUT2D eigenvalue weighted by Gasteiger charge is -2.49. The third kappa shape index (κ3) is 1.40. The highest BCUT2D eigenvalue weighted by atomic mass is 19.1. The molecule has 0 atom stereocenters. The van der Waals surface area contributed by atoms with Gasteiger partial charge in [0.15, 0.2) is 0 Å². The minimum atomic E-state index is -0.0194. The van der Waals surface area contributed by atoms with E-state index in [4.69, 9.17) is 0 Å². The number of rotatable bonds is 2. The van der Waals surface area contributed by atoms with E-state index in [-0.39, 0.29) is 11.4 Å². The molecule has 1 nitrogen and oxygen atoms in total. The van der Waals surface area contributed by atoms with Gasteiger partial charge in [0.25, 0.3) is 0 Å². The van der Waals surface area contributed by atoms with E-state index in [1.807, 2.05) is 12.1 Å². The molecule has 1 saturated carbocycles. The Morgan fingerprint density at radius 3 is 2.25 bits per heavy atom. The van der Waals surface area contributed by atoms with Crippen LogP contribution in [0.15, 0.2) is 24.3 Å². The zero-order valence-corrected chi connectivity index (χ0v) is 9.58. The number of hydrogen-bond acceptors (Lipinski definition) is 1. The van der Waals surface area contributed by atoms with Gasteiger partial charge in [-0.3, -0.25) is 4.90 Å². The quantitative estimate of drug-likeness (QED) is 0.737. The van der Waals surface area contributed by atoms with Crippen molar-refractivity contribution in [3.63, 3.8) is 0 Å². The molecule has 2 heteroatoms. The molecule has 1 heterocycles. The van der Waals surface area contributed by atoms with E-state index >= 15 is 0 Å². The maximum Gasteiger partial charge on any atom is 0.128 e. The van der Waals surface area contributed by atoms with Gasteiger partial charge >= 0.3 is 0 Å². The topological polar surface area (TPSA) is 3.24 Å². The molecule has 3 rings (SSSR count). The highest BCUT2D eigenvalue weighted by molar-refractivity contribution is 5.29. The van der Waals surface area contributed by atoms with Crippen molar-refractivity contribution < 1.29 is 4.39 Å². The average Bonchev–Trinajstić information content (AvgIpc) is 2.73. The van der Waals surface area contributed by atoms with Crippen LogP contribution in [0, 0.1) is 5.82 Å². The molecular formula is C14H18FN. The van der Waals surface area contributed by atoms with Gasteiger partial charge in [-0.05, 0) is 51.3 Å². The van der Waals surface area contributed by atoms with Crippen molar-refractivity contribution in [2.75, 3.05) is 13.1 Å². The molecule has 1 aliphatic heterocycles. The molecule has 0 radical (unpaired) electrons. The van der Waals surface area contributed by atoms with Crippen LogP contribution in [0.3, 0.4) is 0 Å². The average molecular weight is 219 g/mol. The Kier molecular flexibility index (Phi) is 2.47. The Labute approximate surface area is 96.3 Å². The van der Waals surface area contributed by atoms with Crippen LogP contribution in [0.2, 0.25) is 0 Å². The van der Waals surface area contributed by atoms with E-state index in [2.05, 4.69) is 4.90 Å². The first-order valence-corrected chi connectivity index (χ1v) is 6.33. The highest BCUT2D eigenvalue weighted by Crippen LogP contribution is 2.48. The van der Waals surface area contributed by atoms with Gasteiger partial charge in [-0.25, -0.2) is 4.39 Å². The Morgan fingerprint density at radius 2 is 1.69 bits per heavy atom. The summed E-state index contributed by atoms with van der Waals surface area (Å²) >= 11 is 0. The predicted octanol–water partition coefficient (Wildman–Crippen LogP) is 3.30. The van der Waals surface area contributed by atoms with Crippen LogP contribution in [0.25, 0.3) is 0 Å². The number of nitrogens with zero attached hydrogens (tertiary/aromatic N) is 1. The standard InChI is InChI=1S/C14H18FN/c15-13-7-2-1-6-12(13)14(8-5-9-14)16-10-3-4-11-16/h1-2,6-7H,3-5,8-11H2. The van der Waals surface area contributed by atoms with Crippen LogP contribution in [0.1, 0.15) is 37.7 Å². The number of halogens is 1. The summed E-state index contributed by atoms with van der Waals surface area (Å²) in [6, 6.07) is 7.34. The van der Waals surface area contributed by atoms with E-state index in [9.17, 15) is 4.39 Å². The highest BCUT2D eigenvalue weighted by Gasteiger charge is 2.45. The first-order valence-electron chi connectivity index (χ1n) is 6.33. The van der Waals surface area contributed by atoms with Crippen LogP contribution >= 0.6 is 0 Å². The summed E-state index contributed by atoms with van der Waals surface area (Å²) < 4.78 is 13.9. The fourth-order valence-electron chi connectivity index (χ4n) is 3.25. The van der Waals surface area contributed by atoms with Crippen LogP contribution in [0.4, 0.5) is 4.39 Å². The number of hydrogen-bond donors (Lipinski definition) is 0. The van der Waals surface area contributed by atoms with Gasteiger partial charge in [-0.2, -0.15) is 0 Å². The maximum absolute atomic E-state index is 13.9. The monoisotopic (exact) mass is 219 g/mol. The normalized spacial score (nSPS) is 24.3. The second kappa shape index (κ2) is 3.85. The van der Waals surface area contributed by atoms with Gasteiger partial charge in [0.1, 0.15) is 5.82 Å². The van der Waals surface area contributed by atoms with Gasteiger partial charge in [0, 0.05) is 11.1 Å². The van der Waals surface area contributed by atoms with Gasteiger partial charge in [0.2, 0.25) is 0 Å². The third-order valence-electron chi connectivity index (χ3n) is 4.27. The fourth-order valence-corrected chi connectivity index (χ4v) is 3.25. The number of likely N-dealkylation sites (tertiary alicyclic amines) is 1. The van der Waals surface area contributed by atoms with Gasteiger partial charge < -0.3 is 0 Å². The lowest BCUT2D eigenvalue weighted by atomic mass is 9.70. The molecule has 16 heavy (non-hydrogen) atoms. The molecule has 0 N–H and O–H groups in total. The largest absolute Gasteiger partial charge is 0.293 e. The lowest BCUT2D eigenvalue weighted by Crippen LogP contribution is -2.50. The van der Waals surface area contributed by atoms with E-state index in [1.54, 1.807) is 12.1 Å². The van der Waals surface area contributed by atoms with Crippen LogP contribution in [-0.4, -0.2) is 18.0 Å². The molecule has 86 valence electrons. The Hall–Kier alpha value is -0.890. The van der Waals surface area contributed by atoms with Crippen LogP contribution in [-0.2, 0) is 5.54 Å². The van der Waals surface area contributed by atoms with Crippen molar-refractivity contribution >= 4 is 0 Å². The predicted molar refractivity (Wildman–Crippen MR) is 62.7 cm³/mol. The third-order valence-corrected chi connectivity index (χ3v) is 4.27. The molecule has 0 unspecified atom stereocenters. The molecule has 0 bridgehead atoms. The zero-order chi connectivity index (χ0) is 11.0. The first-order chi connectivity index (χ1) is 7.83. The summed E-state index contributed by atoms with van der Waals surface area (Å²) in [5.41, 5.74) is 0.977. The molecule has 2 fully saturated rings. The molecule has 0 spiro atoms. The van der Waals surface area contributed by atoms with E-state index in [0.29, 0.717) is 0 Å².